The predicted molar refractivity (Wildman–Crippen MR) is 120 cm³/mol. The van der Waals surface area contributed by atoms with Crippen LogP contribution < -0.4 is 0 Å². The highest BCUT2D eigenvalue weighted by molar-refractivity contribution is 9.10. The number of benzene rings is 2. The molecule has 0 N–H and O–H groups in total. The maximum atomic E-state index is 13.2. The minimum atomic E-state index is -1.09. The summed E-state index contributed by atoms with van der Waals surface area (Å²) in [5, 5.41) is 0. The van der Waals surface area contributed by atoms with Gasteiger partial charge in [-0.1, -0.05) is 73.5 Å². The zero-order valence-electron chi connectivity index (χ0n) is 17.7. The van der Waals surface area contributed by atoms with E-state index in [1.807, 2.05) is 18.2 Å². The molecule has 0 radical (unpaired) electrons. The molecule has 0 aromatic heterocycles. The van der Waals surface area contributed by atoms with Gasteiger partial charge in [-0.25, -0.2) is 9.59 Å². The molecule has 5 heteroatoms. The Labute approximate surface area is 187 Å². The molecule has 3 rings (SSSR count). The maximum Gasteiger partial charge on any atom is 0.352 e. The van der Waals surface area contributed by atoms with Crippen LogP contribution in [0, 0.1) is 17.8 Å². The van der Waals surface area contributed by atoms with E-state index in [2.05, 4.69) is 36.7 Å². The van der Waals surface area contributed by atoms with Crippen molar-refractivity contribution < 1.29 is 19.1 Å². The van der Waals surface area contributed by atoms with Gasteiger partial charge in [-0.15, -0.1) is 0 Å². The van der Waals surface area contributed by atoms with Crippen LogP contribution in [0.4, 0.5) is 0 Å². The summed E-state index contributed by atoms with van der Waals surface area (Å²) in [6.45, 7) is 6.53. The van der Waals surface area contributed by atoms with E-state index in [4.69, 9.17) is 9.47 Å². The molecule has 1 fully saturated rings. The molecule has 0 aliphatic heterocycles. The highest BCUT2D eigenvalue weighted by Gasteiger charge is 2.36. The minimum Gasteiger partial charge on any atom is -0.459 e. The first-order valence-electron chi connectivity index (χ1n) is 10.6. The van der Waals surface area contributed by atoms with Crippen molar-refractivity contribution in [1.29, 1.82) is 0 Å². The molecule has 160 valence electrons. The Kier molecular flexibility index (Phi) is 7.70. The Bertz CT molecular complexity index is 847. The first-order valence-corrected chi connectivity index (χ1v) is 11.4. The fourth-order valence-corrected chi connectivity index (χ4v) is 4.37. The van der Waals surface area contributed by atoms with Crippen molar-refractivity contribution >= 4 is 27.9 Å². The molecule has 4 atom stereocenters. The van der Waals surface area contributed by atoms with Crippen LogP contribution >= 0.6 is 15.9 Å². The largest absolute Gasteiger partial charge is 0.459 e. The molecule has 30 heavy (non-hydrogen) atoms. The lowest BCUT2D eigenvalue weighted by molar-refractivity contribution is -0.166. The van der Waals surface area contributed by atoms with Gasteiger partial charge in [0, 0.05) is 10.0 Å². The molecule has 0 saturated heterocycles. The molecule has 0 bridgehead atoms. The highest BCUT2D eigenvalue weighted by Crippen LogP contribution is 2.36. The monoisotopic (exact) mass is 472 g/mol. The van der Waals surface area contributed by atoms with E-state index >= 15 is 0 Å². The lowest BCUT2D eigenvalue weighted by Crippen LogP contribution is -2.37. The number of halogens is 1. The van der Waals surface area contributed by atoms with Gasteiger partial charge in [0.05, 0.1) is 5.56 Å². The number of ether oxygens (including phenoxy) is 2. The summed E-state index contributed by atoms with van der Waals surface area (Å²) < 4.78 is 12.5. The Balaban J connectivity index is 1.80. The van der Waals surface area contributed by atoms with Gasteiger partial charge in [0.25, 0.3) is 0 Å². The Morgan fingerprint density at radius 2 is 1.67 bits per heavy atom. The molecular formula is C25H29BrO4. The van der Waals surface area contributed by atoms with E-state index in [9.17, 15) is 9.59 Å². The van der Waals surface area contributed by atoms with Crippen molar-refractivity contribution in [2.75, 3.05) is 0 Å². The number of carbonyl (C=O) groups excluding carboxylic acids is 2. The van der Waals surface area contributed by atoms with Crippen LogP contribution in [0.1, 0.15) is 62.1 Å². The molecule has 0 unspecified atom stereocenters. The van der Waals surface area contributed by atoms with Crippen molar-refractivity contribution in [3.63, 3.8) is 0 Å². The quantitative estimate of drug-likeness (QED) is 0.459. The third kappa shape index (κ3) is 5.72. The van der Waals surface area contributed by atoms with E-state index < -0.39 is 18.0 Å². The van der Waals surface area contributed by atoms with Gasteiger partial charge in [-0.2, -0.15) is 0 Å². The number of rotatable bonds is 6. The minimum absolute atomic E-state index is 0.154. The van der Waals surface area contributed by atoms with E-state index in [0.717, 1.165) is 23.7 Å². The number of hydrogen-bond donors (Lipinski definition) is 0. The number of esters is 2. The Morgan fingerprint density at radius 1 is 1.00 bits per heavy atom. The fraction of sp³-hybridized carbons (Fsp3) is 0.440. The van der Waals surface area contributed by atoms with Gasteiger partial charge in [0.2, 0.25) is 6.10 Å². The third-order valence-electron chi connectivity index (χ3n) is 5.85. The van der Waals surface area contributed by atoms with Crippen molar-refractivity contribution in [3.05, 3.63) is 70.2 Å². The summed E-state index contributed by atoms with van der Waals surface area (Å²) in [6.07, 6.45) is 1.80. The van der Waals surface area contributed by atoms with Gasteiger partial charge in [-0.05, 0) is 54.9 Å². The van der Waals surface area contributed by atoms with Crippen molar-refractivity contribution in [3.8, 4) is 0 Å². The van der Waals surface area contributed by atoms with Crippen LogP contribution in [-0.4, -0.2) is 18.0 Å². The van der Waals surface area contributed by atoms with Gasteiger partial charge < -0.3 is 9.47 Å². The summed E-state index contributed by atoms with van der Waals surface area (Å²) in [7, 11) is 0. The molecule has 1 aliphatic rings. The zero-order chi connectivity index (χ0) is 21.7. The second kappa shape index (κ2) is 10.3. The van der Waals surface area contributed by atoms with E-state index in [1.54, 1.807) is 36.4 Å². The lowest BCUT2D eigenvalue weighted by Gasteiger charge is -2.37. The average molecular weight is 473 g/mol. The molecule has 1 aliphatic carbocycles. The standard InChI is InChI=1S/C25H29BrO4/c1-16(2)21-14-9-17(3)15-22(21)29-25(28)23(18-7-5-4-6-8-18)30-24(27)19-10-12-20(26)13-11-19/h4-8,10-13,16-17,21-23H,9,14-15H2,1-3H3/t17-,21+,22-,23-/m1/s1. The van der Waals surface area contributed by atoms with Crippen LogP contribution in [0.2, 0.25) is 0 Å². The topological polar surface area (TPSA) is 52.6 Å². The third-order valence-corrected chi connectivity index (χ3v) is 6.38. The van der Waals surface area contributed by atoms with E-state index in [0.29, 0.717) is 28.9 Å². The van der Waals surface area contributed by atoms with Gasteiger partial charge >= 0.3 is 11.9 Å². The summed E-state index contributed by atoms with van der Waals surface area (Å²) >= 11 is 3.36. The van der Waals surface area contributed by atoms with Crippen LogP contribution in [0.5, 0.6) is 0 Å². The molecule has 0 amide bonds. The molecular weight excluding hydrogens is 444 g/mol. The molecule has 0 heterocycles. The fourth-order valence-electron chi connectivity index (χ4n) is 4.10. The highest BCUT2D eigenvalue weighted by atomic mass is 79.9. The predicted octanol–water partition coefficient (Wildman–Crippen LogP) is 6.35. The van der Waals surface area contributed by atoms with Gasteiger partial charge in [0.15, 0.2) is 0 Å². The smallest absolute Gasteiger partial charge is 0.352 e. The van der Waals surface area contributed by atoms with E-state index in [-0.39, 0.29) is 6.10 Å². The SMILES string of the molecule is CC(C)[C@@H]1CC[C@@H](C)C[C@H]1OC(=O)[C@H](OC(=O)c1ccc(Br)cc1)c1ccccc1. The van der Waals surface area contributed by atoms with Crippen LogP contribution in [0.25, 0.3) is 0 Å². The Hall–Kier alpha value is -2.14. The summed E-state index contributed by atoms with van der Waals surface area (Å²) in [6, 6.07) is 15.9. The van der Waals surface area contributed by atoms with Crippen LogP contribution in [0.3, 0.4) is 0 Å². The average Bonchev–Trinajstić information content (AvgIpc) is 2.72. The van der Waals surface area contributed by atoms with Crippen LogP contribution in [-0.2, 0) is 14.3 Å². The second-order valence-corrected chi connectivity index (χ2v) is 9.42. The molecule has 0 spiro atoms. The van der Waals surface area contributed by atoms with Crippen molar-refractivity contribution in [1.82, 2.24) is 0 Å². The zero-order valence-corrected chi connectivity index (χ0v) is 19.3. The lowest BCUT2D eigenvalue weighted by atomic mass is 9.75. The van der Waals surface area contributed by atoms with Crippen molar-refractivity contribution in [2.45, 2.75) is 52.2 Å². The summed E-state index contributed by atoms with van der Waals surface area (Å²) in [5.74, 6) is 0.208. The second-order valence-electron chi connectivity index (χ2n) is 8.50. The van der Waals surface area contributed by atoms with Crippen LogP contribution in [0.15, 0.2) is 59.1 Å². The van der Waals surface area contributed by atoms with Gasteiger partial charge in [0.1, 0.15) is 6.10 Å². The maximum absolute atomic E-state index is 13.2. The number of carbonyl (C=O) groups is 2. The molecule has 4 nitrogen and oxygen atoms in total. The van der Waals surface area contributed by atoms with Gasteiger partial charge in [-0.3, -0.25) is 0 Å². The summed E-state index contributed by atoms with van der Waals surface area (Å²) in [4.78, 5) is 25.9. The molecule has 2 aromatic rings. The van der Waals surface area contributed by atoms with E-state index in [1.165, 1.54) is 0 Å². The summed E-state index contributed by atoms with van der Waals surface area (Å²) in [5.41, 5.74) is 0.996. The number of hydrogen-bond acceptors (Lipinski definition) is 4. The molecule has 2 aromatic carbocycles. The molecule has 1 saturated carbocycles. The van der Waals surface area contributed by atoms with Crippen molar-refractivity contribution in [2.24, 2.45) is 17.8 Å². The first kappa shape index (κ1) is 22.5. The normalized spacial score (nSPS) is 22.4. The Morgan fingerprint density at radius 3 is 2.30 bits per heavy atom. The first-order chi connectivity index (χ1) is 14.3.